The van der Waals surface area contributed by atoms with Crippen molar-refractivity contribution in [3.8, 4) is 0 Å². The van der Waals surface area contributed by atoms with Crippen LogP contribution in [-0.2, 0) is 0 Å². The number of nitrogens with one attached hydrogen (secondary N) is 4. The summed E-state index contributed by atoms with van der Waals surface area (Å²) in [5, 5.41) is 5.81. The molecule has 0 saturated heterocycles. The number of carbonyl (C=O) groups is 2. The van der Waals surface area contributed by atoms with Crippen molar-refractivity contribution in [1.29, 1.82) is 0 Å². The van der Waals surface area contributed by atoms with Crippen molar-refractivity contribution in [3.63, 3.8) is 0 Å². The van der Waals surface area contributed by atoms with Crippen molar-refractivity contribution < 1.29 is 14.0 Å². The Bertz CT molecular complexity index is 1110. The van der Waals surface area contributed by atoms with E-state index in [1.807, 2.05) is 0 Å². The van der Waals surface area contributed by atoms with Gasteiger partial charge in [-0.05, 0) is 60.7 Å². The number of rotatable bonds is 4. The standard InChI is InChI=1S/C21H16ClFN4O2S/c22-15-7-3-5-13(11-15)19(28)24-16-8-4-6-14(12-16)20(29)26-27-21(30)25-18-10-2-1-9-17(18)23/h1-12H,(H,24,28)(H,26,29)(H2,25,27,30). The summed E-state index contributed by atoms with van der Waals surface area (Å²) in [6.45, 7) is 0. The Kier molecular flexibility index (Phi) is 6.95. The molecule has 0 aliphatic carbocycles. The number of para-hydroxylation sites is 1. The summed E-state index contributed by atoms with van der Waals surface area (Å²) in [6, 6.07) is 18.9. The highest BCUT2D eigenvalue weighted by Crippen LogP contribution is 2.15. The number of hydrazine groups is 1. The fraction of sp³-hybridized carbons (Fsp3) is 0. The van der Waals surface area contributed by atoms with Gasteiger partial charge in [-0.2, -0.15) is 0 Å². The first kappa shape index (κ1) is 21.2. The molecule has 0 bridgehead atoms. The van der Waals surface area contributed by atoms with E-state index in [1.54, 1.807) is 54.6 Å². The summed E-state index contributed by atoms with van der Waals surface area (Å²) in [7, 11) is 0. The predicted molar refractivity (Wildman–Crippen MR) is 119 cm³/mol. The number of thiocarbonyl (C=S) groups is 1. The van der Waals surface area contributed by atoms with Crippen molar-refractivity contribution in [2.45, 2.75) is 0 Å². The third kappa shape index (κ3) is 5.76. The maximum Gasteiger partial charge on any atom is 0.269 e. The van der Waals surface area contributed by atoms with E-state index >= 15 is 0 Å². The molecule has 3 aromatic rings. The molecule has 152 valence electrons. The van der Waals surface area contributed by atoms with Crippen molar-refractivity contribution in [1.82, 2.24) is 10.9 Å². The Hall–Kier alpha value is -3.49. The van der Waals surface area contributed by atoms with Crippen molar-refractivity contribution in [2.75, 3.05) is 10.6 Å². The highest BCUT2D eigenvalue weighted by molar-refractivity contribution is 7.80. The number of hydrogen-bond acceptors (Lipinski definition) is 3. The van der Waals surface area contributed by atoms with Gasteiger partial charge in [0.05, 0.1) is 5.69 Å². The Morgan fingerprint density at radius 2 is 1.50 bits per heavy atom. The van der Waals surface area contributed by atoms with Crippen LogP contribution in [0.4, 0.5) is 15.8 Å². The van der Waals surface area contributed by atoms with Crippen LogP contribution >= 0.6 is 23.8 Å². The van der Waals surface area contributed by atoms with Crippen molar-refractivity contribution in [2.24, 2.45) is 0 Å². The molecule has 4 N–H and O–H groups in total. The van der Waals surface area contributed by atoms with Crippen molar-refractivity contribution in [3.05, 3.63) is 94.8 Å². The number of halogens is 2. The van der Waals surface area contributed by atoms with Gasteiger partial charge in [0.15, 0.2) is 5.11 Å². The Morgan fingerprint density at radius 3 is 2.23 bits per heavy atom. The molecule has 9 heteroatoms. The smallest absolute Gasteiger partial charge is 0.269 e. The largest absolute Gasteiger partial charge is 0.329 e. The van der Waals surface area contributed by atoms with Crippen LogP contribution in [0.5, 0.6) is 0 Å². The van der Waals surface area contributed by atoms with E-state index in [0.29, 0.717) is 16.3 Å². The van der Waals surface area contributed by atoms with Crippen LogP contribution < -0.4 is 21.5 Å². The third-order valence-electron chi connectivity index (χ3n) is 3.88. The zero-order chi connectivity index (χ0) is 21.5. The molecular weight excluding hydrogens is 427 g/mol. The average molecular weight is 443 g/mol. The lowest BCUT2D eigenvalue weighted by Crippen LogP contribution is -2.43. The van der Waals surface area contributed by atoms with Crippen LogP contribution in [0.1, 0.15) is 20.7 Å². The Balaban J connectivity index is 1.58. The van der Waals surface area contributed by atoms with E-state index in [0.717, 1.165) is 0 Å². The SMILES string of the molecule is O=C(NNC(=S)Nc1ccccc1F)c1cccc(NC(=O)c2cccc(Cl)c2)c1. The number of anilines is 2. The molecule has 3 aromatic carbocycles. The molecule has 0 heterocycles. The summed E-state index contributed by atoms with van der Waals surface area (Å²) < 4.78 is 13.6. The molecule has 0 atom stereocenters. The van der Waals surface area contributed by atoms with Gasteiger partial charge in [0.2, 0.25) is 0 Å². The lowest BCUT2D eigenvalue weighted by atomic mass is 10.1. The first-order valence-electron chi connectivity index (χ1n) is 8.71. The minimum absolute atomic E-state index is 0.0128. The Labute approximate surface area is 182 Å². The average Bonchev–Trinajstić information content (AvgIpc) is 2.74. The van der Waals surface area contributed by atoms with Crippen LogP contribution in [-0.4, -0.2) is 16.9 Å². The van der Waals surface area contributed by atoms with Crippen LogP contribution in [0.25, 0.3) is 0 Å². The molecule has 0 aromatic heterocycles. The summed E-state index contributed by atoms with van der Waals surface area (Å²) >= 11 is 10.9. The maximum absolute atomic E-state index is 13.6. The van der Waals surface area contributed by atoms with Crippen LogP contribution in [0, 0.1) is 5.82 Å². The maximum atomic E-state index is 13.6. The second-order valence-corrected chi connectivity index (χ2v) is 6.90. The first-order chi connectivity index (χ1) is 14.4. The van der Waals surface area contributed by atoms with Crippen molar-refractivity contribution >= 4 is 52.1 Å². The van der Waals surface area contributed by atoms with Gasteiger partial charge in [-0.3, -0.25) is 20.4 Å². The van der Waals surface area contributed by atoms with Gasteiger partial charge in [0.1, 0.15) is 5.82 Å². The monoisotopic (exact) mass is 442 g/mol. The molecule has 0 aliphatic rings. The molecule has 0 unspecified atom stereocenters. The lowest BCUT2D eigenvalue weighted by Gasteiger charge is -2.12. The number of carbonyl (C=O) groups excluding carboxylic acids is 2. The van der Waals surface area contributed by atoms with Gasteiger partial charge >= 0.3 is 0 Å². The fourth-order valence-corrected chi connectivity index (χ4v) is 2.82. The molecule has 0 saturated carbocycles. The normalized spacial score (nSPS) is 10.1. The second kappa shape index (κ2) is 9.82. The number of benzene rings is 3. The van der Waals surface area contributed by atoms with Crippen LogP contribution in [0.2, 0.25) is 5.02 Å². The molecule has 0 aliphatic heterocycles. The first-order valence-corrected chi connectivity index (χ1v) is 9.50. The lowest BCUT2D eigenvalue weighted by molar-refractivity contribution is 0.0943. The quantitative estimate of drug-likeness (QED) is 0.356. The van der Waals surface area contributed by atoms with Gasteiger partial charge < -0.3 is 10.6 Å². The molecule has 2 amide bonds. The number of hydrogen-bond donors (Lipinski definition) is 4. The molecule has 0 spiro atoms. The van der Waals surface area contributed by atoms with E-state index in [9.17, 15) is 14.0 Å². The van der Waals surface area contributed by atoms with Crippen LogP contribution in [0.15, 0.2) is 72.8 Å². The second-order valence-electron chi connectivity index (χ2n) is 6.06. The summed E-state index contributed by atoms with van der Waals surface area (Å²) in [6.07, 6.45) is 0. The fourth-order valence-electron chi connectivity index (χ4n) is 2.47. The topological polar surface area (TPSA) is 82.3 Å². The molecule has 0 fully saturated rings. The van der Waals surface area contributed by atoms with Gasteiger partial charge in [-0.1, -0.05) is 35.9 Å². The van der Waals surface area contributed by atoms with E-state index in [2.05, 4.69) is 21.5 Å². The Morgan fingerprint density at radius 1 is 0.800 bits per heavy atom. The molecule has 3 rings (SSSR count). The predicted octanol–water partition coefficient (Wildman–Crippen LogP) is 4.36. The molecule has 30 heavy (non-hydrogen) atoms. The summed E-state index contributed by atoms with van der Waals surface area (Å²) in [4.78, 5) is 24.7. The zero-order valence-corrected chi connectivity index (χ0v) is 17.0. The summed E-state index contributed by atoms with van der Waals surface area (Å²) in [5.74, 6) is -1.33. The van der Waals surface area contributed by atoms with Gasteiger partial charge in [-0.15, -0.1) is 0 Å². The summed E-state index contributed by atoms with van der Waals surface area (Å²) in [5.41, 5.74) is 6.19. The van der Waals surface area contributed by atoms with E-state index in [1.165, 1.54) is 18.2 Å². The minimum atomic E-state index is -0.494. The highest BCUT2D eigenvalue weighted by atomic mass is 35.5. The highest BCUT2D eigenvalue weighted by Gasteiger charge is 2.10. The van der Waals surface area contributed by atoms with Gasteiger partial charge in [0, 0.05) is 21.8 Å². The van der Waals surface area contributed by atoms with Gasteiger partial charge in [0.25, 0.3) is 11.8 Å². The molecular formula is C21H16ClFN4O2S. The molecule has 0 radical (unpaired) electrons. The third-order valence-corrected chi connectivity index (χ3v) is 4.32. The number of amides is 2. The van der Waals surface area contributed by atoms with E-state index in [-0.39, 0.29) is 22.3 Å². The molecule has 6 nitrogen and oxygen atoms in total. The minimum Gasteiger partial charge on any atom is -0.329 e. The van der Waals surface area contributed by atoms with Gasteiger partial charge in [-0.25, -0.2) is 4.39 Å². The zero-order valence-electron chi connectivity index (χ0n) is 15.4. The van der Waals surface area contributed by atoms with Crippen LogP contribution in [0.3, 0.4) is 0 Å². The van der Waals surface area contributed by atoms with E-state index < -0.39 is 11.7 Å². The van der Waals surface area contributed by atoms with E-state index in [4.69, 9.17) is 23.8 Å².